The van der Waals surface area contributed by atoms with Gasteiger partial charge in [0.1, 0.15) is 6.10 Å². The molecule has 0 radical (unpaired) electrons. The minimum Gasteiger partial charge on any atom is -0.487 e. The van der Waals surface area contributed by atoms with Gasteiger partial charge in [0.15, 0.2) is 11.6 Å². The molecule has 2 nitrogen and oxygen atoms in total. The second-order valence-electron chi connectivity index (χ2n) is 6.24. The molecule has 1 aromatic carbocycles. The average molecular weight is 275 g/mol. The van der Waals surface area contributed by atoms with Gasteiger partial charge < -0.3 is 4.74 Å². The number of nitriles is 1. The molecule has 3 atom stereocenters. The summed E-state index contributed by atoms with van der Waals surface area (Å²) in [4.78, 5) is 0. The lowest BCUT2D eigenvalue weighted by molar-refractivity contribution is 0.0431. The van der Waals surface area contributed by atoms with Gasteiger partial charge in [-0.15, -0.1) is 0 Å². The van der Waals surface area contributed by atoms with Crippen molar-refractivity contribution in [3.05, 3.63) is 29.6 Å². The van der Waals surface area contributed by atoms with Crippen LogP contribution in [0.5, 0.6) is 5.75 Å². The first-order valence-electron chi connectivity index (χ1n) is 7.37. The Hall–Kier alpha value is -1.56. The Balaban J connectivity index is 2.16. The van der Waals surface area contributed by atoms with Crippen LogP contribution < -0.4 is 4.74 Å². The number of nitrogens with zero attached hydrogens (tertiary/aromatic N) is 1. The number of benzene rings is 1. The fourth-order valence-electron chi connectivity index (χ4n) is 3.08. The fraction of sp³-hybridized carbons (Fsp3) is 0.588. The first kappa shape index (κ1) is 14.8. The minimum absolute atomic E-state index is 0.0705. The Labute approximate surface area is 120 Å². The van der Waals surface area contributed by atoms with E-state index in [2.05, 4.69) is 20.8 Å². The van der Waals surface area contributed by atoms with E-state index in [4.69, 9.17) is 10.00 Å². The zero-order valence-corrected chi connectivity index (χ0v) is 12.4. The van der Waals surface area contributed by atoms with Crippen LogP contribution in [0.1, 0.15) is 45.6 Å². The van der Waals surface area contributed by atoms with Crippen molar-refractivity contribution >= 4 is 0 Å². The van der Waals surface area contributed by atoms with Gasteiger partial charge in [-0.1, -0.05) is 27.2 Å². The van der Waals surface area contributed by atoms with Gasteiger partial charge in [-0.25, -0.2) is 4.39 Å². The summed E-state index contributed by atoms with van der Waals surface area (Å²) in [5.74, 6) is 1.46. The quantitative estimate of drug-likeness (QED) is 0.811. The Morgan fingerprint density at radius 2 is 2.10 bits per heavy atom. The van der Waals surface area contributed by atoms with Crippen LogP contribution in [-0.4, -0.2) is 6.10 Å². The van der Waals surface area contributed by atoms with Crippen LogP contribution in [0.25, 0.3) is 0 Å². The van der Waals surface area contributed by atoms with Crippen LogP contribution in [-0.2, 0) is 0 Å². The normalized spacial score (nSPS) is 26.3. The molecule has 1 aromatic rings. The molecule has 1 saturated carbocycles. The SMILES string of the molecule is CC1CCC(C(C)C)C(Oc2ccc(C#N)cc2F)C1. The molecule has 3 heteroatoms. The summed E-state index contributed by atoms with van der Waals surface area (Å²) in [5, 5.41) is 8.77. The number of hydrogen-bond donors (Lipinski definition) is 0. The highest BCUT2D eigenvalue weighted by Gasteiger charge is 2.32. The van der Waals surface area contributed by atoms with Crippen molar-refractivity contribution < 1.29 is 9.13 Å². The molecule has 1 aliphatic carbocycles. The van der Waals surface area contributed by atoms with Crippen LogP contribution in [0, 0.1) is 34.9 Å². The van der Waals surface area contributed by atoms with Crippen LogP contribution in [0.15, 0.2) is 18.2 Å². The summed E-state index contributed by atoms with van der Waals surface area (Å²) in [5.41, 5.74) is 0.326. The molecule has 1 aliphatic rings. The number of rotatable bonds is 3. The van der Waals surface area contributed by atoms with Gasteiger partial charge in [-0.05, 0) is 48.8 Å². The van der Waals surface area contributed by atoms with Crippen molar-refractivity contribution in [1.82, 2.24) is 0 Å². The van der Waals surface area contributed by atoms with E-state index >= 15 is 0 Å². The Bertz CT molecular complexity index is 506. The molecule has 2 rings (SSSR count). The van der Waals surface area contributed by atoms with Crippen LogP contribution in [0.4, 0.5) is 4.39 Å². The van der Waals surface area contributed by atoms with Crippen molar-refractivity contribution in [1.29, 1.82) is 5.26 Å². The summed E-state index contributed by atoms with van der Waals surface area (Å²) >= 11 is 0. The Morgan fingerprint density at radius 3 is 2.70 bits per heavy atom. The third kappa shape index (κ3) is 3.30. The van der Waals surface area contributed by atoms with Crippen molar-refractivity contribution in [3.8, 4) is 11.8 Å². The van der Waals surface area contributed by atoms with E-state index in [1.165, 1.54) is 12.5 Å². The van der Waals surface area contributed by atoms with E-state index in [1.54, 1.807) is 12.1 Å². The lowest BCUT2D eigenvalue weighted by atomic mass is 9.75. The van der Waals surface area contributed by atoms with Gasteiger partial charge in [0.05, 0.1) is 11.6 Å². The van der Waals surface area contributed by atoms with E-state index in [0.29, 0.717) is 23.3 Å². The van der Waals surface area contributed by atoms with Crippen molar-refractivity contribution in [2.75, 3.05) is 0 Å². The lowest BCUT2D eigenvalue weighted by Gasteiger charge is -2.37. The molecule has 20 heavy (non-hydrogen) atoms. The largest absolute Gasteiger partial charge is 0.487 e. The van der Waals surface area contributed by atoms with Crippen LogP contribution in [0.2, 0.25) is 0 Å². The van der Waals surface area contributed by atoms with Gasteiger partial charge in [0.25, 0.3) is 0 Å². The molecule has 0 spiro atoms. The maximum Gasteiger partial charge on any atom is 0.166 e. The third-order valence-corrected chi connectivity index (χ3v) is 4.30. The molecule has 0 aliphatic heterocycles. The molecule has 1 fully saturated rings. The first-order chi connectivity index (χ1) is 9.51. The van der Waals surface area contributed by atoms with E-state index in [-0.39, 0.29) is 11.9 Å². The predicted molar refractivity (Wildman–Crippen MR) is 76.9 cm³/mol. The lowest BCUT2D eigenvalue weighted by Crippen LogP contribution is -2.36. The summed E-state index contributed by atoms with van der Waals surface area (Å²) in [6.45, 7) is 6.63. The summed E-state index contributed by atoms with van der Waals surface area (Å²) < 4.78 is 19.9. The smallest absolute Gasteiger partial charge is 0.166 e. The highest BCUT2D eigenvalue weighted by atomic mass is 19.1. The van der Waals surface area contributed by atoms with Crippen molar-refractivity contribution in [3.63, 3.8) is 0 Å². The van der Waals surface area contributed by atoms with Gasteiger partial charge in [-0.3, -0.25) is 0 Å². The van der Waals surface area contributed by atoms with Gasteiger partial charge in [0.2, 0.25) is 0 Å². The Kier molecular flexibility index (Phi) is 4.65. The maximum atomic E-state index is 13.9. The Morgan fingerprint density at radius 1 is 1.35 bits per heavy atom. The second-order valence-corrected chi connectivity index (χ2v) is 6.24. The molecule has 0 heterocycles. The standard InChI is InChI=1S/C17H22FNO/c1-11(2)14-6-4-12(3)8-17(14)20-16-7-5-13(10-19)9-15(16)18/h5,7,9,11-12,14,17H,4,6,8H2,1-3H3. The van der Waals surface area contributed by atoms with E-state index in [0.717, 1.165) is 12.8 Å². The first-order valence-corrected chi connectivity index (χ1v) is 7.37. The van der Waals surface area contributed by atoms with E-state index < -0.39 is 5.82 Å². The molecule has 0 bridgehead atoms. The second kappa shape index (κ2) is 6.26. The highest BCUT2D eigenvalue weighted by Crippen LogP contribution is 2.36. The molecular weight excluding hydrogens is 253 g/mol. The number of halogens is 1. The van der Waals surface area contributed by atoms with Gasteiger partial charge in [-0.2, -0.15) is 5.26 Å². The molecule has 0 N–H and O–H groups in total. The van der Waals surface area contributed by atoms with E-state index in [9.17, 15) is 4.39 Å². The molecule has 3 unspecified atom stereocenters. The van der Waals surface area contributed by atoms with Crippen molar-refractivity contribution in [2.24, 2.45) is 17.8 Å². The van der Waals surface area contributed by atoms with Crippen molar-refractivity contribution in [2.45, 2.75) is 46.1 Å². The topological polar surface area (TPSA) is 33.0 Å². The minimum atomic E-state index is -0.440. The highest BCUT2D eigenvalue weighted by molar-refractivity contribution is 5.36. The monoisotopic (exact) mass is 275 g/mol. The predicted octanol–water partition coefficient (Wildman–Crippen LogP) is 4.54. The summed E-state index contributed by atoms with van der Waals surface area (Å²) in [6, 6.07) is 6.36. The average Bonchev–Trinajstić information content (AvgIpc) is 2.40. The number of ether oxygens (including phenoxy) is 1. The number of hydrogen-bond acceptors (Lipinski definition) is 2. The zero-order chi connectivity index (χ0) is 14.7. The van der Waals surface area contributed by atoms with Crippen LogP contribution in [0.3, 0.4) is 0 Å². The van der Waals surface area contributed by atoms with Gasteiger partial charge in [0, 0.05) is 0 Å². The van der Waals surface area contributed by atoms with E-state index in [1.807, 2.05) is 6.07 Å². The van der Waals surface area contributed by atoms with Gasteiger partial charge >= 0.3 is 0 Å². The molecule has 0 aromatic heterocycles. The molecular formula is C17H22FNO. The third-order valence-electron chi connectivity index (χ3n) is 4.30. The summed E-state index contributed by atoms with van der Waals surface area (Å²) in [7, 11) is 0. The molecule has 108 valence electrons. The molecule has 0 saturated heterocycles. The summed E-state index contributed by atoms with van der Waals surface area (Å²) in [6.07, 6.45) is 3.41. The zero-order valence-electron chi connectivity index (χ0n) is 12.4. The van der Waals surface area contributed by atoms with Crippen LogP contribution >= 0.6 is 0 Å². The molecule has 0 amide bonds. The fourth-order valence-corrected chi connectivity index (χ4v) is 3.08. The maximum absolute atomic E-state index is 13.9.